The summed E-state index contributed by atoms with van der Waals surface area (Å²) in [6, 6.07) is 7.68. The van der Waals surface area contributed by atoms with Gasteiger partial charge in [0.1, 0.15) is 0 Å². The Labute approximate surface area is 156 Å². The lowest BCUT2D eigenvalue weighted by molar-refractivity contribution is -0.114. The van der Waals surface area contributed by atoms with Crippen molar-refractivity contribution < 1.29 is 4.79 Å². The normalized spacial score (nSPS) is 11.1. The van der Waals surface area contributed by atoms with Gasteiger partial charge in [-0.05, 0) is 23.8 Å². The number of anilines is 2. The third-order valence-electron chi connectivity index (χ3n) is 3.94. The summed E-state index contributed by atoms with van der Waals surface area (Å²) in [5.74, 6) is 0.856. The van der Waals surface area contributed by atoms with Crippen molar-refractivity contribution in [2.75, 3.05) is 16.9 Å². The maximum Gasteiger partial charge on any atom is 0.228 e. The van der Waals surface area contributed by atoms with Crippen LogP contribution in [-0.2, 0) is 11.3 Å². The molecule has 2 N–H and O–H groups in total. The number of nitrogens with zero attached hydrogens (tertiary/aromatic N) is 4. The van der Waals surface area contributed by atoms with Crippen LogP contribution >= 0.6 is 11.8 Å². The molecule has 8 heteroatoms. The zero-order chi connectivity index (χ0) is 18.7. The lowest BCUT2D eigenvalue weighted by Crippen LogP contribution is -2.13. The summed E-state index contributed by atoms with van der Waals surface area (Å²) < 4.78 is 1.73. The first-order chi connectivity index (χ1) is 12.5. The van der Waals surface area contributed by atoms with Crippen molar-refractivity contribution >= 4 is 35.0 Å². The fraction of sp³-hybridized carbons (Fsp3) is 0.333. The molecule has 0 atom stereocenters. The fourth-order valence-electron chi connectivity index (χ4n) is 2.65. The molecule has 0 saturated carbocycles. The zero-order valence-corrected chi connectivity index (χ0v) is 16.1. The molecule has 0 radical (unpaired) electrons. The van der Waals surface area contributed by atoms with E-state index in [1.54, 1.807) is 4.52 Å². The minimum atomic E-state index is -0.0970. The van der Waals surface area contributed by atoms with Crippen molar-refractivity contribution in [3.63, 3.8) is 0 Å². The number of rotatable bonds is 6. The summed E-state index contributed by atoms with van der Waals surface area (Å²) in [6.45, 7) is 6.25. The molecule has 0 fully saturated rings. The number of hydrogen-bond acceptors (Lipinski definition) is 6. The predicted octanol–water partition coefficient (Wildman–Crippen LogP) is 3.54. The van der Waals surface area contributed by atoms with E-state index in [1.807, 2.05) is 36.7 Å². The second kappa shape index (κ2) is 7.74. The van der Waals surface area contributed by atoms with Crippen molar-refractivity contribution in [1.82, 2.24) is 19.6 Å². The molecule has 3 rings (SSSR count). The number of amides is 1. The molecule has 0 bridgehead atoms. The first-order valence-corrected chi connectivity index (χ1v) is 9.61. The number of carbonyl (C=O) groups is 1. The van der Waals surface area contributed by atoms with Crippen molar-refractivity contribution in [3.8, 4) is 0 Å². The largest absolute Gasteiger partial charge is 0.350 e. The van der Waals surface area contributed by atoms with Gasteiger partial charge in [-0.2, -0.15) is 14.6 Å². The van der Waals surface area contributed by atoms with Gasteiger partial charge in [0.05, 0.1) is 6.20 Å². The van der Waals surface area contributed by atoms with Crippen LogP contribution in [0.3, 0.4) is 0 Å². The quantitative estimate of drug-likeness (QED) is 0.646. The number of benzene rings is 1. The van der Waals surface area contributed by atoms with Crippen molar-refractivity contribution in [2.24, 2.45) is 0 Å². The summed E-state index contributed by atoms with van der Waals surface area (Å²) in [6.07, 6.45) is 3.79. The van der Waals surface area contributed by atoms with E-state index in [9.17, 15) is 4.79 Å². The van der Waals surface area contributed by atoms with Crippen LogP contribution in [0, 0.1) is 0 Å². The van der Waals surface area contributed by atoms with Crippen molar-refractivity contribution in [2.45, 2.75) is 38.4 Å². The second-order valence-electron chi connectivity index (χ2n) is 6.22. The fourth-order valence-corrected chi connectivity index (χ4v) is 3.00. The molecule has 1 amide bonds. The minimum Gasteiger partial charge on any atom is -0.350 e. The summed E-state index contributed by atoms with van der Waals surface area (Å²) in [5.41, 5.74) is 3.66. The van der Waals surface area contributed by atoms with Crippen LogP contribution in [0.5, 0.6) is 0 Å². The molecule has 26 heavy (non-hydrogen) atoms. The van der Waals surface area contributed by atoms with Crippen LogP contribution in [0.15, 0.2) is 35.6 Å². The highest BCUT2D eigenvalue weighted by Crippen LogP contribution is 2.24. The molecule has 2 aromatic heterocycles. The van der Waals surface area contributed by atoms with Gasteiger partial charge < -0.3 is 10.6 Å². The average Bonchev–Trinajstić information content (AvgIpc) is 3.04. The average molecular weight is 370 g/mol. The monoisotopic (exact) mass is 370 g/mol. The standard InChI is InChI=1S/C18H22N6OS/c1-11(2)14-10-20-24-16(14)22-18(26-4)23-17(24)19-9-13-7-5-6-8-15(13)21-12(3)25/h5-8,10-11H,9H2,1-4H3,(H,21,25)(H,19,22,23). The number of thioether (sulfide) groups is 1. The number of hydrogen-bond donors (Lipinski definition) is 2. The first-order valence-electron chi connectivity index (χ1n) is 8.38. The Morgan fingerprint density at radius 1 is 1.27 bits per heavy atom. The van der Waals surface area contributed by atoms with Crippen LogP contribution < -0.4 is 10.6 Å². The molecule has 7 nitrogen and oxygen atoms in total. The van der Waals surface area contributed by atoms with Crippen LogP contribution in [0.2, 0.25) is 0 Å². The number of aromatic nitrogens is 4. The number of fused-ring (bicyclic) bond motifs is 1. The summed E-state index contributed by atoms with van der Waals surface area (Å²) in [5, 5.41) is 11.3. The second-order valence-corrected chi connectivity index (χ2v) is 6.99. The lowest BCUT2D eigenvalue weighted by Gasteiger charge is -2.12. The first kappa shape index (κ1) is 18.2. The highest BCUT2D eigenvalue weighted by molar-refractivity contribution is 7.98. The molecule has 0 saturated heterocycles. The SMILES string of the molecule is CSc1nc(NCc2ccccc2NC(C)=O)n2ncc(C(C)C)c2n1. The summed E-state index contributed by atoms with van der Waals surface area (Å²) in [7, 11) is 0. The van der Waals surface area contributed by atoms with Gasteiger partial charge >= 0.3 is 0 Å². The van der Waals surface area contributed by atoms with Gasteiger partial charge in [0.25, 0.3) is 0 Å². The van der Waals surface area contributed by atoms with Crippen LogP contribution in [-0.4, -0.2) is 31.7 Å². The smallest absolute Gasteiger partial charge is 0.228 e. The lowest BCUT2D eigenvalue weighted by atomic mass is 10.1. The maximum absolute atomic E-state index is 11.4. The Hall–Kier alpha value is -2.61. The third kappa shape index (κ3) is 3.80. The molecule has 0 spiro atoms. The molecule has 3 aromatic rings. The number of carbonyl (C=O) groups excluding carboxylic acids is 1. The molecule has 0 aliphatic carbocycles. The molecule has 1 aromatic carbocycles. The van der Waals surface area contributed by atoms with Gasteiger partial charge in [-0.25, -0.2) is 4.98 Å². The van der Waals surface area contributed by atoms with Gasteiger partial charge in [-0.15, -0.1) is 0 Å². The molecule has 136 valence electrons. The van der Waals surface area contributed by atoms with E-state index in [-0.39, 0.29) is 5.91 Å². The molecule has 0 aliphatic heterocycles. The van der Waals surface area contributed by atoms with E-state index in [0.717, 1.165) is 22.5 Å². The molecule has 0 aliphatic rings. The van der Waals surface area contributed by atoms with E-state index < -0.39 is 0 Å². The van der Waals surface area contributed by atoms with E-state index in [2.05, 4.69) is 39.5 Å². The van der Waals surface area contributed by atoms with Gasteiger partial charge in [-0.3, -0.25) is 4.79 Å². The Bertz CT molecular complexity index is 937. The van der Waals surface area contributed by atoms with Gasteiger partial charge in [0.15, 0.2) is 10.8 Å². The summed E-state index contributed by atoms with van der Waals surface area (Å²) >= 11 is 1.49. The third-order valence-corrected chi connectivity index (χ3v) is 4.49. The Morgan fingerprint density at radius 3 is 2.73 bits per heavy atom. The molecular weight excluding hydrogens is 348 g/mol. The van der Waals surface area contributed by atoms with Crippen LogP contribution in [0.1, 0.15) is 37.8 Å². The van der Waals surface area contributed by atoms with Crippen LogP contribution in [0.4, 0.5) is 11.6 Å². The van der Waals surface area contributed by atoms with E-state index in [1.165, 1.54) is 18.7 Å². The van der Waals surface area contributed by atoms with Gasteiger partial charge in [0, 0.05) is 24.7 Å². The zero-order valence-electron chi connectivity index (χ0n) is 15.3. The van der Waals surface area contributed by atoms with E-state index in [4.69, 9.17) is 0 Å². The van der Waals surface area contributed by atoms with E-state index in [0.29, 0.717) is 23.6 Å². The highest BCUT2D eigenvalue weighted by Gasteiger charge is 2.15. The van der Waals surface area contributed by atoms with E-state index >= 15 is 0 Å². The topological polar surface area (TPSA) is 84.2 Å². The van der Waals surface area contributed by atoms with Crippen molar-refractivity contribution in [3.05, 3.63) is 41.6 Å². The predicted molar refractivity (Wildman–Crippen MR) is 105 cm³/mol. The molecule has 0 unspecified atom stereocenters. The summed E-state index contributed by atoms with van der Waals surface area (Å²) in [4.78, 5) is 20.5. The minimum absolute atomic E-state index is 0.0970. The molecular formula is C18H22N6OS. The maximum atomic E-state index is 11.4. The molecule has 2 heterocycles. The Balaban J connectivity index is 1.93. The van der Waals surface area contributed by atoms with Crippen LogP contribution in [0.25, 0.3) is 5.65 Å². The number of para-hydroxylation sites is 1. The Morgan fingerprint density at radius 2 is 2.04 bits per heavy atom. The number of nitrogens with one attached hydrogen (secondary N) is 2. The van der Waals surface area contributed by atoms with Gasteiger partial charge in [-0.1, -0.05) is 43.8 Å². The van der Waals surface area contributed by atoms with Gasteiger partial charge in [0.2, 0.25) is 11.9 Å². The Kier molecular flexibility index (Phi) is 5.41. The highest BCUT2D eigenvalue weighted by atomic mass is 32.2. The van der Waals surface area contributed by atoms with Crippen molar-refractivity contribution in [1.29, 1.82) is 0 Å².